The van der Waals surface area contributed by atoms with Crippen LogP contribution in [0.3, 0.4) is 0 Å². The van der Waals surface area contributed by atoms with E-state index in [-0.39, 0.29) is 0 Å². The number of carbonyl (C=O) groups is 1. The molecule has 0 N–H and O–H groups in total. The molecule has 1 aliphatic rings. The minimum atomic E-state index is 0.310. The molecule has 1 amide bonds. The summed E-state index contributed by atoms with van der Waals surface area (Å²) in [5, 5.41) is 0. The maximum atomic E-state index is 12.2. The van der Waals surface area contributed by atoms with Gasteiger partial charge in [0.2, 0.25) is 5.91 Å². The van der Waals surface area contributed by atoms with Gasteiger partial charge in [-0.05, 0) is 50.3 Å². The van der Waals surface area contributed by atoms with Gasteiger partial charge in [-0.15, -0.1) is 0 Å². The third kappa shape index (κ3) is 3.58. The Balaban J connectivity index is 1.85. The Kier molecular flexibility index (Phi) is 4.81. The van der Waals surface area contributed by atoms with E-state index in [1.807, 2.05) is 12.1 Å². The maximum absolute atomic E-state index is 12.2. The number of hydrogen-bond donors (Lipinski definition) is 0. The van der Waals surface area contributed by atoms with Crippen molar-refractivity contribution in [3.8, 4) is 0 Å². The van der Waals surface area contributed by atoms with Gasteiger partial charge in [0.1, 0.15) is 0 Å². The summed E-state index contributed by atoms with van der Waals surface area (Å²) < 4.78 is 1.09. The van der Waals surface area contributed by atoms with Gasteiger partial charge in [-0.25, -0.2) is 0 Å². The lowest BCUT2D eigenvalue weighted by Crippen LogP contribution is -2.42. The fraction of sp³-hybridized carbons (Fsp3) is 0.533. The van der Waals surface area contributed by atoms with Gasteiger partial charge in [-0.1, -0.05) is 28.1 Å². The van der Waals surface area contributed by atoms with E-state index < -0.39 is 0 Å². The summed E-state index contributed by atoms with van der Waals surface area (Å²) in [6, 6.07) is 8.65. The molecule has 0 aromatic heterocycles. The van der Waals surface area contributed by atoms with Gasteiger partial charge in [0, 0.05) is 23.5 Å². The molecular weight excluding hydrogens is 290 g/mol. The van der Waals surface area contributed by atoms with Crippen LogP contribution >= 0.6 is 15.9 Å². The average molecular weight is 310 g/mol. The zero-order valence-corrected chi connectivity index (χ0v) is 12.4. The van der Waals surface area contributed by atoms with Crippen molar-refractivity contribution in [2.45, 2.75) is 45.1 Å². The Morgan fingerprint density at radius 3 is 2.72 bits per heavy atom. The number of amides is 1. The van der Waals surface area contributed by atoms with E-state index in [9.17, 15) is 4.79 Å². The van der Waals surface area contributed by atoms with Crippen LogP contribution in [0.2, 0.25) is 0 Å². The summed E-state index contributed by atoms with van der Waals surface area (Å²) in [5.74, 6) is 0.310. The summed E-state index contributed by atoms with van der Waals surface area (Å²) in [4.78, 5) is 14.2. The first-order valence-corrected chi connectivity index (χ1v) is 7.50. The van der Waals surface area contributed by atoms with Crippen molar-refractivity contribution in [3.63, 3.8) is 0 Å². The van der Waals surface area contributed by atoms with Crippen molar-refractivity contribution in [1.82, 2.24) is 4.90 Å². The lowest BCUT2D eigenvalue weighted by molar-refractivity contribution is -0.134. The highest BCUT2D eigenvalue weighted by molar-refractivity contribution is 9.10. The zero-order chi connectivity index (χ0) is 13.0. The van der Waals surface area contributed by atoms with Crippen LogP contribution in [-0.2, 0) is 11.2 Å². The molecule has 1 saturated heterocycles. The number of benzene rings is 1. The number of likely N-dealkylation sites (tertiary alicyclic amines) is 1. The van der Waals surface area contributed by atoms with Gasteiger partial charge in [0.15, 0.2) is 0 Å². The normalized spacial score (nSPS) is 19.9. The van der Waals surface area contributed by atoms with Crippen LogP contribution in [0.1, 0.15) is 38.2 Å². The Morgan fingerprint density at radius 1 is 1.33 bits per heavy atom. The Labute approximate surface area is 117 Å². The molecule has 2 nitrogen and oxygen atoms in total. The first-order chi connectivity index (χ1) is 8.66. The molecule has 1 heterocycles. The van der Waals surface area contributed by atoms with Crippen LogP contribution in [0.25, 0.3) is 0 Å². The second-order valence-electron chi connectivity index (χ2n) is 5.06. The molecule has 0 bridgehead atoms. The number of rotatable bonds is 3. The van der Waals surface area contributed by atoms with Crippen LogP contribution in [0.5, 0.6) is 0 Å². The molecule has 2 rings (SSSR count). The van der Waals surface area contributed by atoms with E-state index >= 15 is 0 Å². The second kappa shape index (κ2) is 6.37. The SMILES string of the molecule is CC1CCCCN1C(=O)CCc1ccc(Br)cc1. The molecule has 3 heteroatoms. The van der Waals surface area contributed by atoms with Gasteiger partial charge >= 0.3 is 0 Å². The summed E-state index contributed by atoms with van der Waals surface area (Å²) in [7, 11) is 0. The lowest BCUT2D eigenvalue weighted by atomic mass is 10.0. The quantitative estimate of drug-likeness (QED) is 0.832. The van der Waals surface area contributed by atoms with Crippen molar-refractivity contribution in [2.24, 2.45) is 0 Å². The molecule has 1 fully saturated rings. The van der Waals surface area contributed by atoms with Gasteiger partial charge in [-0.2, -0.15) is 0 Å². The fourth-order valence-corrected chi connectivity index (χ4v) is 2.78. The summed E-state index contributed by atoms with van der Waals surface area (Å²) in [5.41, 5.74) is 1.23. The highest BCUT2D eigenvalue weighted by Gasteiger charge is 2.22. The first kappa shape index (κ1) is 13.6. The molecule has 0 spiro atoms. The number of halogens is 1. The van der Waals surface area contributed by atoms with Gasteiger partial charge < -0.3 is 4.90 Å². The Hall–Kier alpha value is -0.830. The predicted molar refractivity (Wildman–Crippen MR) is 77.5 cm³/mol. The molecule has 18 heavy (non-hydrogen) atoms. The largest absolute Gasteiger partial charge is 0.340 e. The van der Waals surface area contributed by atoms with E-state index in [1.165, 1.54) is 12.0 Å². The molecule has 0 aliphatic carbocycles. The first-order valence-electron chi connectivity index (χ1n) is 6.71. The third-order valence-electron chi connectivity index (χ3n) is 3.66. The molecule has 0 radical (unpaired) electrons. The van der Waals surface area contributed by atoms with E-state index in [2.05, 4.69) is 39.9 Å². The van der Waals surface area contributed by atoms with Crippen LogP contribution in [-0.4, -0.2) is 23.4 Å². The molecule has 1 unspecified atom stereocenters. The smallest absolute Gasteiger partial charge is 0.223 e. The van der Waals surface area contributed by atoms with Gasteiger partial charge in [0.25, 0.3) is 0 Å². The van der Waals surface area contributed by atoms with Crippen molar-refractivity contribution in [1.29, 1.82) is 0 Å². The molecule has 98 valence electrons. The second-order valence-corrected chi connectivity index (χ2v) is 5.97. The Bertz CT molecular complexity index is 401. The highest BCUT2D eigenvalue weighted by atomic mass is 79.9. The number of nitrogens with zero attached hydrogens (tertiary/aromatic N) is 1. The van der Waals surface area contributed by atoms with Gasteiger partial charge in [0.05, 0.1) is 0 Å². The summed E-state index contributed by atoms with van der Waals surface area (Å²) in [6.07, 6.45) is 5.05. The van der Waals surface area contributed by atoms with E-state index in [1.54, 1.807) is 0 Å². The monoisotopic (exact) mass is 309 g/mol. The third-order valence-corrected chi connectivity index (χ3v) is 4.19. The molecule has 1 aromatic carbocycles. The zero-order valence-electron chi connectivity index (χ0n) is 10.9. The van der Waals surface area contributed by atoms with Crippen molar-refractivity contribution >= 4 is 21.8 Å². The van der Waals surface area contributed by atoms with E-state index in [4.69, 9.17) is 0 Å². The Morgan fingerprint density at radius 2 is 2.06 bits per heavy atom. The van der Waals surface area contributed by atoms with E-state index in [0.717, 1.165) is 30.3 Å². The minimum Gasteiger partial charge on any atom is -0.340 e. The average Bonchev–Trinajstić information content (AvgIpc) is 2.38. The number of carbonyl (C=O) groups excluding carboxylic acids is 1. The number of aryl methyl sites for hydroxylation is 1. The van der Waals surface area contributed by atoms with Gasteiger partial charge in [-0.3, -0.25) is 4.79 Å². The number of piperidine rings is 1. The van der Waals surface area contributed by atoms with E-state index in [0.29, 0.717) is 18.4 Å². The number of hydrogen-bond acceptors (Lipinski definition) is 1. The van der Waals surface area contributed by atoms with Crippen molar-refractivity contribution in [3.05, 3.63) is 34.3 Å². The lowest BCUT2D eigenvalue weighted by Gasteiger charge is -2.33. The van der Waals surface area contributed by atoms with Crippen LogP contribution in [0.4, 0.5) is 0 Å². The van der Waals surface area contributed by atoms with Crippen molar-refractivity contribution in [2.75, 3.05) is 6.54 Å². The standard InChI is InChI=1S/C15H20BrNO/c1-12-4-2-3-11-17(12)15(18)10-7-13-5-8-14(16)9-6-13/h5-6,8-9,12H,2-4,7,10-11H2,1H3. The molecule has 1 aromatic rings. The summed E-state index contributed by atoms with van der Waals surface area (Å²) in [6.45, 7) is 3.11. The van der Waals surface area contributed by atoms with Crippen LogP contribution in [0.15, 0.2) is 28.7 Å². The molecular formula is C15H20BrNO. The topological polar surface area (TPSA) is 20.3 Å². The summed E-state index contributed by atoms with van der Waals surface area (Å²) >= 11 is 3.42. The minimum absolute atomic E-state index is 0.310. The molecule has 1 atom stereocenters. The van der Waals surface area contributed by atoms with Crippen LogP contribution in [0, 0.1) is 0 Å². The van der Waals surface area contributed by atoms with Crippen molar-refractivity contribution < 1.29 is 4.79 Å². The molecule has 0 saturated carbocycles. The molecule has 1 aliphatic heterocycles. The maximum Gasteiger partial charge on any atom is 0.223 e. The predicted octanol–water partition coefficient (Wildman–Crippen LogP) is 3.78. The fourth-order valence-electron chi connectivity index (χ4n) is 2.51. The highest BCUT2D eigenvalue weighted by Crippen LogP contribution is 2.18. The van der Waals surface area contributed by atoms with Crippen LogP contribution < -0.4 is 0 Å².